The number of fused-ring (bicyclic) bond motifs is 1. The summed E-state index contributed by atoms with van der Waals surface area (Å²) in [7, 11) is -3.54. The molecule has 0 radical (unpaired) electrons. The SMILES string of the molecule is Cc1ccc(S(=O)(=O)N2CCCN(C(=O)Cc3cn4ccsc4n3)CC2)cc1. The van der Waals surface area contributed by atoms with Crippen molar-refractivity contribution in [1.82, 2.24) is 18.6 Å². The molecule has 0 spiro atoms. The fourth-order valence-corrected chi connectivity index (χ4v) is 5.56. The summed E-state index contributed by atoms with van der Waals surface area (Å²) in [6.07, 6.45) is 4.64. The van der Waals surface area contributed by atoms with Gasteiger partial charge in [0, 0.05) is 44.0 Å². The number of sulfonamides is 1. The number of hydrogen-bond donors (Lipinski definition) is 0. The van der Waals surface area contributed by atoms with Gasteiger partial charge in [-0.1, -0.05) is 17.7 Å². The Hall–Kier alpha value is -2.23. The molecule has 28 heavy (non-hydrogen) atoms. The summed E-state index contributed by atoms with van der Waals surface area (Å²) in [5.74, 6) is -0.0136. The maximum absolute atomic E-state index is 12.9. The first kappa shape index (κ1) is 19.1. The van der Waals surface area contributed by atoms with Crippen molar-refractivity contribution in [2.24, 2.45) is 0 Å². The van der Waals surface area contributed by atoms with Gasteiger partial charge in [-0.3, -0.25) is 9.20 Å². The van der Waals surface area contributed by atoms with Gasteiger partial charge in [-0.15, -0.1) is 11.3 Å². The molecule has 3 aromatic rings. The minimum Gasteiger partial charge on any atom is -0.341 e. The molecule has 0 saturated carbocycles. The summed E-state index contributed by atoms with van der Waals surface area (Å²) in [6.45, 7) is 3.60. The molecule has 1 aliphatic heterocycles. The van der Waals surface area contributed by atoms with Crippen molar-refractivity contribution in [3.8, 4) is 0 Å². The fraction of sp³-hybridized carbons (Fsp3) is 0.368. The Labute approximate surface area is 168 Å². The molecule has 1 aromatic carbocycles. The average molecular weight is 419 g/mol. The Kier molecular flexibility index (Phi) is 5.22. The third kappa shape index (κ3) is 3.82. The van der Waals surface area contributed by atoms with Gasteiger partial charge < -0.3 is 4.90 Å². The van der Waals surface area contributed by atoms with Crippen LogP contribution in [-0.4, -0.2) is 59.1 Å². The lowest BCUT2D eigenvalue weighted by molar-refractivity contribution is -0.130. The first-order chi connectivity index (χ1) is 13.4. The number of imidazole rings is 1. The second kappa shape index (κ2) is 7.65. The molecule has 1 fully saturated rings. The van der Waals surface area contributed by atoms with Gasteiger partial charge in [0.25, 0.3) is 0 Å². The van der Waals surface area contributed by atoms with Crippen LogP contribution in [-0.2, 0) is 21.2 Å². The highest BCUT2D eigenvalue weighted by Crippen LogP contribution is 2.19. The van der Waals surface area contributed by atoms with Crippen LogP contribution in [0.15, 0.2) is 46.9 Å². The lowest BCUT2D eigenvalue weighted by Crippen LogP contribution is -2.38. The van der Waals surface area contributed by atoms with E-state index in [1.165, 1.54) is 15.6 Å². The second-order valence-corrected chi connectivity index (χ2v) is 9.76. The van der Waals surface area contributed by atoms with Gasteiger partial charge in [-0.2, -0.15) is 4.31 Å². The maximum Gasteiger partial charge on any atom is 0.243 e. The summed E-state index contributed by atoms with van der Waals surface area (Å²) in [5.41, 5.74) is 1.76. The van der Waals surface area contributed by atoms with Crippen LogP contribution >= 0.6 is 11.3 Å². The Balaban J connectivity index is 1.42. The Morgan fingerprint density at radius 2 is 1.93 bits per heavy atom. The number of benzene rings is 1. The zero-order valence-electron chi connectivity index (χ0n) is 15.6. The van der Waals surface area contributed by atoms with Crippen LogP contribution in [0.4, 0.5) is 0 Å². The van der Waals surface area contributed by atoms with Crippen molar-refractivity contribution in [1.29, 1.82) is 0 Å². The molecule has 0 bridgehead atoms. The molecule has 7 nitrogen and oxygen atoms in total. The van der Waals surface area contributed by atoms with Crippen LogP contribution in [0.5, 0.6) is 0 Å². The number of hydrogen-bond acceptors (Lipinski definition) is 5. The van der Waals surface area contributed by atoms with Gasteiger partial charge in [0.2, 0.25) is 15.9 Å². The molecule has 1 aliphatic rings. The number of aryl methyl sites for hydroxylation is 1. The fourth-order valence-electron chi connectivity index (χ4n) is 3.37. The molecular formula is C19H22N4O3S2. The number of carbonyl (C=O) groups is 1. The highest BCUT2D eigenvalue weighted by Gasteiger charge is 2.28. The van der Waals surface area contributed by atoms with E-state index >= 15 is 0 Å². The second-order valence-electron chi connectivity index (χ2n) is 6.95. The van der Waals surface area contributed by atoms with Gasteiger partial charge in [-0.25, -0.2) is 13.4 Å². The van der Waals surface area contributed by atoms with E-state index in [-0.39, 0.29) is 12.3 Å². The summed E-state index contributed by atoms with van der Waals surface area (Å²) in [4.78, 5) is 20.1. The summed E-state index contributed by atoms with van der Waals surface area (Å²) < 4.78 is 29.2. The molecule has 2 aromatic heterocycles. The molecule has 3 heterocycles. The van der Waals surface area contributed by atoms with Gasteiger partial charge in [0.1, 0.15) is 0 Å². The summed E-state index contributed by atoms with van der Waals surface area (Å²) in [5, 5.41) is 1.95. The van der Waals surface area contributed by atoms with E-state index in [4.69, 9.17) is 0 Å². The number of thiazole rings is 1. The number of aromatic nitrogens is 2. The zero-order chi connectivity index (χ0) is 19.7. The molecule has 9 heteroatoms. The number of rotatable bonds is 4. The van der Waals surface area contributed by atoms with Crippen molar-refractivity contribution in [3.63, 3.8) is 0 Å². The van der Waals surface area contributed by atoms with Crippen molar-refractivity contribution in [2.45, 2.75) is 24.7 Å². The molecular weight excluding hydrogens is 396 g/mol. The monoisotopic (exact) mass is 418 g/mol. The highest BCUT2D eigenvalue weighted by molar-refractivity contribution is 7.89. The Morgan fingerprint density at radius 3 is 2.68 bits per heavy atom. The smallest absolute Gasteiger partial charge is 0.243 e. The van der Waals surface area contributed by atoms with Crippen molar-refractivity contribution in [3.05, 3.63) is 53.3 Å². The van der Waals surface area contributed by atoms with Gasteiger partial charge >= 0.3 is 0 Å². The lowest BCUT2D eigenvalue weighted by Gasteiger charge is -2.22. The van der Waals surface area contributed by atoms with Crippen LogP contribution in [0.2, 0.25) is 0 Å². The summed E-state index contributed by atoms with van der Waals surface area (Å²) in [6, 6.07) is 6.89. The average Bonchev–Trinajstić information content (AvgIpc) is 3.14. The topological polar surface area (TPSA) is 75.0 Å². The normalized spacial score (nSPS) is 16.4. The maximum atomic E-state index is 12.9. The van der Waals surface area contributed by atoms with E-state index in [0.29, 0.717) is 37.5 Å². The largest absolute Gasteiger partial charge is 0.341 e. The highest BCUT2D eigenvalue weighted by atomic mass is 32.2. The molecule has 1 saturated heterocycles. The minimum atomic E-state index is -3.54. The van der Waals surface area contributed by atoms with Crippen LogP contribution in [0.3, 0.4) is 0 Å². The predicted molar refractivity (Wildman–Crippen MR) is 108 cm³/mol. The van der Waals surface area contributed by atoms with Gasteiger partial charge in [0.05, 0.1) is 17.0 Å². The molecule has 4 rings (SSSR count). The van der Waals surface area contributed by atoms with E-state index < -0.39 is 10.0 Å². The van der Waals surface area contributed by atoms with Gasteiger partial charge in [0.15, 0.2) is 4.96 Å². The van der Waals surface area contributed by atoms with E-state index in [0.717, 1.165) is 16.2 Å². The third-order valence-corrected chi connectivity index (χ3v) is 7.63. The number of nitrogens with zero attached hydrogens (tertiary/aromatic N) is 4. The van der Waals surface area contributed by atoms with Crippen LogP contribution in [0, 0.1) is 6.92 Å². The number of amides is 1. The minimum absolute atomic E-state index is 0.0136. The predicted octanol–water partition coefficient (Wildman–Crippen LogP) is 2.17. The molecule has 0 unspecified atom stereocenters. The van der Waals surface area contributed by atoms with Crippen LogP contribution < -0.4 is 0 Å². The van der Waals surface area contributed by atoms with Crippen molar-refractivity contribution < 1.29 is 13.2 Å². The van der Waals surface area contributed by atoms with Crippen molar-refractivity contribution in [2.75, 3.05) is 26.2 Å². The van der Waals surface area contributed by atoms with E-state index in [1.807, 2.05) is 29.1 Å². The zero-order valence-corrected chi connectivity index (χ0v) is 17.2. The van der Waals surface area contributed by atoms with E-state index in [1.54, 1.807) is 29.2 Å². The Morgan fingerprint density at radius 1 is 1.14 bits per heavy atom. The summed E-state index contributed by atoms with van der Waals surface area (Å²) >= 11 is 1.53. The van der Waals surface area contributed by atoms with Crippen molar-refractivity contribution >= 4 is 32.2 Å². The van der Waals surface area contributed by atoms with E-state index in [2.05, 4.69) is 4.98 Å². The number of carbonyl (C=O) groups excluding carboxylic acids is 1. The van der Waals surface area contributed by atoms with E-state index in [9.17, 15) is 13.2 Å². The molecule has 1 amide bonds. The van der Waals surface area contributed by atoms with Crippen LogP contribution in [0.25, 0.3) is 4.96 Å². The quantitative estimate of drug-likeness (QED) is 0.651. The lowest BCUT2D eigenvalue weighted by atomic mass is 10.2. The first-order valence-corrected chi connectivity index (χ1v) is 11.5. The Bertz CT molecular complexity index is 1060. The van der Waals surface area contributed by atoms with Gasteiger partial charge in [-0.05, 0) is 25.5 Å². The molecule has 0 atom stereocenters. The van der Waals surface area contributed by atoms with Crippen LogP contribution in [0.1, 0.15) is 17.7 Å². The standard InChI is InChI=1S/C19H22N4O3S2/c1-15-3-5-17(6-4-15)28(25,26)23-8-2-7-21(9-10-23)18(24)13-16-14-22-11-12-27-19(22)20-16/h3-6,11-12,14H,2,7-10,13H2,1H3. The first-order valence-electron chi connectivity index (χ1n) is 9.19. The third-order valence-electron chi connectivity index (χ3n) is 4.94. The molecule has 0 N–H and O–H groups in total. The molecule has 148 valence electrons. The molecule has 0 aliphatic carbocycles.